The molecule has 0 fully saturated rings. The quantitative estimate of drug-likeness (QED) is 0.879. The summed E-state index contributed by atoms with van der Waals surface area (Å²) in [5.41, 5.74) is 9.50. The van der Waals surface area contributed by atoms with Crippen LogP contribution in [0, 0.1) is 17.6 Å². The molecule has 0 bridgehead atoms. The van der Waals surface area contributed by atoms with Crippen molar-refractivity contribution in [1.82, 2.24) is 5.43 Å². The number of rotatable bonds is 3. The number of nitrogens with one attached hydrogen (secondary N) is 1. The Morgan fingerprint density at radius 3 is 2.95 bits per heavy atom. The largest absolute Gasteiger partial charge is 0.488 e. The van der Waals surface area contributed by atoms with Gasteiger partial charge in [0.05, 0.1) is 0 Å². The van der Waals surface area contributed by atoms with E-state index in [4.69, 9.17) is 10.5 Å². The first-order valence-electron chi connectivity index (χ1n) is 6.75. The summed E-state index contributed by atoms with van der Waals surface area (Å²) >= 11 is 0. The molecule has 20 heavy (non-hydrogen) atoms. The Balaban J connectivity index is 1.94. The standard InChI is InChI=1S/C14H17F2N3O/c1-7-9(6-18-19-7)2-8-3-12(15)13(16)11-4-10(5-17)20-14(8)11/h3,6-7,9-10,19H,2,4-5,17H2,1H3/t7-,9?,10?/m1/s1. The molecule has 1 aromatic carbocycles. The fourth-order valence-electron chi connectivity index (χ4n) is 2.73. The van der Waals surface area contributed by atoms with Crippen LogP contribution in [0.1, 0.15) is 18.1 Å². The van der Waals surface area contributed by atoms with Crippen LogP contribution in [-0.4, -0.2) is 24.9 Å². The minimum Gasteiger partial charge on any atom is -0.488 e. The molecule has 0 aromatic heterocycles. The molecule has 0 amide bonds. The maximum absolute atomic E-state index is 13.8. The molecule has 2 aliphatic heterocycles. The van der Waals surface area contributed by atoms with Crippen LogP contribution >= 0.6 is 0 Å². The molecule has 0 spiro atoms. The van der Waals surface area contributed by atoms with E-state index in [1.54, 1.807) is 6.21 Å². The molecular formula is C14H17F2N3O. The van der Waals surface area contributed by atoms with Crippen LogP contribution in [0.3, 0.4) is 0 Å². The Bertz CT molecular complexity index is 562. The lowest BCUT2D eigenvalue weighted by molar-refractivity contribution is 0.239. The summed E-state index contributed by atoms with van der Waals surface area (Å²) in [6.45, 7) is 2.29. The van der Waals surface area contributed by atoms with Crippen molar-refractivity contribution < 1.29 is 13.5 Å². The van der Waals surface area contributed by atoms with Gasteiger partial charge in [-0.05, 0) is 25.0 Å². The van der Waals surface area contributed by atoms with Crippen molar-refractivity contribution >= 4 is 6.21 Å². The smallest absolute Gasteiger partial charge is 0.165 e. The molecule has 4 nitrogen and oxygen atoms in total. The van der Waals surface area contributed by atoms with Crippen molar-refractivity contribution in [2.75, 3.05) is 6.54 Å². The van der Waals surface area contributed by atoms with Crippen molar-refractivity contribution in [2.45, 2.75) is 31.9 Å². The Hall–Kier alpha value is -1.69. The third-order valence-electron chi connectivity index (χ3n) is 3.96. The molecule has 6 heteroatoms. The van der Waals surface area contributed by atoms with Gasteiger partial charge in [0.15, 0.2) is 11.6 Å². The highest BCUT2D eigenvalue weighted by Crippen LogP contribution is 2.37. The topological polar surface area (TPSA) is 59.6 Å². The zero-order valence-corrected chi connectivity index (χ0v) is 11.2. The maximum Gasteiger partial charge on any atom is 0.165 e. The molecule has 0 saturated heterocycles. The van der Waals surface area contributed by atoms with Gasteiger partial charge in [0.25, 0.3) is 0 Å². The molecule has 0 radical (unpaired) electrons. The van der Waals surface area contributed by atoms with E-state index in [-0.39, 0.29) is 24.6 Å². The van der Waals surface area contributed by atoms with E-state index in [1.807, 2.05) is 6.92 Å². The zero-order valence-electron chi connectivity index (χ0n) is 11.2. The Morgan fingerprint density at radius 1 is 1.50 bits per heavy atom. The van der Waals surface area contributed by atoms with Gasteiger partial charge in [0.2, 0.25) is 0 Å². The van der Waals surface area contributed by atoms with Gasteiger partial charge >= 0.3 is 0 Å². The van der Waals surface area contributed by atoms with Gasteiger partial charge in [-0.1, -0.05) is 0 Å². The van der Waals surface area contributed by atoms with E-state index in [1.165, 1.54) is 6.07 Å². The monoisotopic (exact) mass is 281 g/mol. The van der Waals surface area contributed by atoms with Crippen molar-refractivity contribution in [3.8, 4) is 5.75 Å². The second kappa shape index (κ2) is 5.01. The zero-order chi connectivity index (χ0) is 14.3. The number of ether oxygens (including phenoxy) is 1. The van der Waals surface area contributed by atoms with Crippen molar-refractivity contribution in [3.05, 3.63) is 28.8 Å². The molecule has 3 atom stereocenters. The lowest BCUT2D eigenvalue weighted by Crippen LogP contribution is -2.26. The van der Waals surface area contributed by atoms with Crippen LogP contribution in [0.4, 0.5) is 8.78 Å². The van der Waals surface area contributed by atoms with E-state index in [2.05, 4.69) is 10.5 Å². The Morgan fingerprint density at radius 2 is 2.30 bits per heavy atom. The Kier molecular flexibility index (Phi) is 3.33. The lowest BCUT2D eigenvalue weighted by Gasteiger charge is -2.16. The summed E-state index contributed by atoms with van der Waals surface area (Å²) < 4.78 is 33.2. The average Bonchev–Trinajstić information content (AvgIpc) is 3.03. The number of nitrogens with two attached hydrogens (primary N) is 1. The number of halogens is 2. The van der Waals surface area contributed by atoms with E-state index in [0.717, 1.165) is 0 Å². The van der Waals surface area contributed by atoms with Gasteiger partial charge in [0.1, 0.15) is 11.9 Å². The summed E-state index contributed by atoms with van der Waals surface area (Å²) in [6, 6.07) is 1.40. The molecule has 2 aliphatic rings. The van der Waals surface area contributed by atoms with Crippen LogP contribution in [0.25, 0.3) is 0 Å². The summed E-state index contributed by atoms with van der Waals surface area (Å²) in [5.74, 6) is -1.03. The number of hydrazone groups is 1. The molecule has 2 heterocycles. The van der Waals surface area contributed by atoms with Crippen molar-refractivity contribution in [1.29, 1.82) is 0 Å². The van der Waals surface area contributed by atoms with E-state index >= 15 is 0 Å². The molecule has 0 saturated carbocycles. The maximum atomic E-state index is 13.8. The van der Waals surface area contributed by atoms with Gasteiger partial charge in [-0.15, -0.1) is 0 Å². The van der Waals surface area contributed by atoms with Crippen LogP contribution in [0.15, 0.2) is 11.2 Å². The van der Waals surface area contributed by atoms with Crippen molar-refractivity contribution in [3.63, 3.8) is 0 Å². The van der Waals surface area contributed by atoms with E-state index in [9.17, 15) is 8.78 Å². The first-order chi connectivity index (χ1) is 9.60. The number of hydrogen-bond acceptors (Lipinski definition) is 4. The third kappa shape index (κ3) is 2.14. The highest BCUT2D eigenvalue weighted by atomic mass is 19.2. The number of fused-ring (bicyclic) bond motifs is 1. The Labute approximate surface area is 116 Å². The first-order valence-corrected chi connectivity index (χ1v) is 6.75. The van der Waals surface area contributed by atoms with Crippen molar-refractivity contribution in [2.24, 2.45) is 16.8 Å². The van der Waals surface area contributed by atoms with Crippen LogP contribution in [-0.2, 0) is 12.8 Å². The molecule has 108 valence electrons. The predicted molar refractivity (Wildman–Crippen MR) is 71.8 cm³/mol. The van der Waals surface area contributed by atoms with Crippen LogP contribution in [0.5, 0.6) is 5.75 Å². The average molecular weight is 281 g/mol. The van der Waals surface area contributed by atoms with Crippen LogP contribution < -0.4 is 15.9 Å². The minimum atomic E-state index is -0.824. The fourth-order valence-corrected chi connectivity index (χ4v) is 2.73. The fraction of sp³-hybridized carbons (Fsp3) is 0.500. The van der Waals surface area contributed by atoms with Gasteiger partial charge in [-0.25, -0.2) is 8.78 Å². The van der Waals surface area contributed by atoms with Gasteiger partial charge in [0, 0.05) is 36.7 Å². The summed E-state index contributed by atoms with van der Waals surface area (Å²) in [6.07, 6.45) is 2.42. The second-order valence-corrected chi connectivity index (χ2v) is 5.38. The second-order valence-electron chi connectivity index (χ2n) is 5.38. The van der Waals surface area contributed by atoms with Crippen LogP contribution in [0.2, 0.25) is 0 Å². The number of benzene rings is 1. The van der Waals surface area contributed by atoms with Gasteiger partial charge < -0.3 is 15.9 Å². The first kappa shape index (κ1) is 13.3. The third-order valence-corrected chi connectivity index (χ3v) is 3.96. The normalized spacial score (nSPS) is 27.3. The molecule has 3 N–H and O–H groups in total. The number of hydrogen-bond donors (Lipinski definition) is 2. The lowest BCUT2D eigenvalue weighted by atomic mass is 9.93. The SMILES string of the molecule is C[C@H]1NN=CC1Cc1cc(F)c(F)c2c1OC(CN)C2. The van der Waals surface area contributed by atoms with E-state index < -0.39 is 11.6 Å². The van der Waals surface area contributed by atoms with Gasteiger partial charge in [-0.3, -0.25) is 0 Å². The summed E-state index contributed by atoms with van der Waals surface area (Å²) in [7, 11) is 0. The predicted octanol–water partition coefficient (Wildman–Crippen LogP) is 1.36. The van der Waals surface area contributed by atoms with E-state index in [0.29, 0.717) is 29.7 Å². The minimum absolute atomic E-state index is 0.143. The highest BCUT2D eigenvalue weighted by Gasteiger charge is 2.31. The van der Waals surface area contributed by atoms with Gasteiger partial charge in [-0.2, -0.15) is 5.10 Å². The molecule has 3 rings (SSSR count). The molecule has 1 aromatic rings. The summed E-state index contributed by atoms with van der Waals surface area (Å²) in [4.78, 5) is 0. The molecule has 2 unspecified atom stereocenters. The highest BCUT2D eigenvalue weighted by molar-refractivity contribution is 5.64. The number of nitrogens with zero attached hydrogens (tertiary/aromatic N) is 1. The molecular weight excluding hydrogens is 264 g/mol. The molecule has 0 aliphatic carbocycles. The summed E-state index contributed by atoms with van der Waals surface area (Å²) in [5, 5.41) is 4.00.